The summed E-state index contributed by atoms with van der Waals surface area (Å²) in [5.74, 6) is 3.46. The van der Waals surface area contributed by atoms with E-state index in [1.165, 1.54) is 24.8 Å². The summed E-state index contributed by atoms with van der Waals surface area (Å²) < 4.78 is 5.66. The van der Waals surface area contributed by atoms with Gasteiger partial charge in [-0.3, -0.25) is 4.79 Å². The summed E-state index contributed by atoms with van der Waals surface area (Å²) in [6, 6.07) is 0. The highest BCUT2D eigenvalue weighted by molar-refractivity contribution is 7.99. The molecule has 0 amide bonds. The first kappa shape index (κ1) is 17.5. The highest BCUT2D eigenvalue weighted by Crippen LogP contribution is 2.38. The van der Waals surface area contributed by atoms with E-state index in [9.17, 15) is 9.90 Å². The van der Waals surface area contributed by atoms with E-state index in [2.05, 4.69) is 0 Å². The van der Waals surface area contributed by atoms with Crippen molar-refractivity contribution in [2.24, 2.45) is 11.8 Å². The van der Waals surface area contributed by atoms with Gasteiger partial charge in [0, 0.05) is 19.4 Å². The van der Waals surface area contributed by atoms with Crippen molar-refractivity contribution >= 4 is 23.8 Å². The molecular weight excluding hydrogens is 298 g/mol. The first-order chi connectivity index (χ1) is 10.7. The second-order valence-electron chi connectivity index (χ2n) is 6.15. The summed E-state index contributed by atoms with van der Waals surface area (Å²) in [6.45, 7) is 2.40. The molecule has 4 nitrogen and oxygen atoms in total. The second kappa shape index (κ2) is 8.73. The Bertz CT molecular complexity index is 430. The number of carbonyl (C=O) groups is 1. The number of thioether (sulfide) groups is 1. The molecular formula is C17H27NO3S. The van der Waals surface area contributed by atoms with Crippen molar-refractivity contribution in [1.29, 1.82) is 5.41 Å². The molecule has 1 heterocycles. The lowest BCUT2D eigenvalue weighted by molar-refractivity contribution is -0.119. The Balaban J connectivity index is 2.09. The molecule has 22 heavy (non-hydrogen) atoms. The van der Waals surface area contributed by atoms with Crippen LogP contribution >= 0.6 is 11.8 Å². The highest BCUT2D eigenvalue weighted by atomic mass is 32.2. The SMILES string of the molecule is CCOC(CCC=N)C1=C(O)CC(C2CCCSC2)CC1=O. The van der Waals surface area contributed by atoms with Crippen molar-refractivity contribution in [1.82, 2.24) is 0 Å². The van der Waals surface area contributed by atoms with E-state index < -0.39 is 0 Å². The van der Waals surface area contributed by atoms with Crippen LogP contribution in [0.3, 0.4) is 0 Å². The quantitative estimate of drug-likeness (QED) is 0.699. The summed E-state index contributed by atoms with van der Waals surface area (Å²) in [5, 5.41) is 17.6. The van der Waals surface area contributed by atoms with Crippen LogP contribution in [0.5, 0.6) is 0 Å². The molecule has 3 atom stereocenters. The lowest BCUT2D eigenvalue weighted by atomic mass is 9.76. The average Bonchev–Trinajstić information content (AvgIpc) is 2.52. The van der Waals surface area contributed by atoms with Crippen LogP contribution in [0.2, 0.25) is 0 Å². The summed E-state index contributed by atoms with van der Waals surface area (Å²) in [7, 11) is 0. The molecule has 0 spiro atoms. The first-order valence-electron chi connectivity index (χ1n) is 8.30. The molecule has 5 heteroatoms. The lowest BCUT2D eigenvalue weighted by Gasteiger charge is -2.34. The van der Waals surface area contributed by atoms with E-state index >= 15 is 0 Å². The summed E-state index contributed by atoms with van der Waals surface area (Å²) in [5.41, 5.74) is 0.475. The van der Waals surface area contributed by atoms with Crippen LogP contribution in [-0.2, 0) is 9.53 Å². The maximum absolute atomic E-state index is 12.6. The fraction of sp³-hybridized carbons (Fsp3) is 0.765. The van der Waals surface area contributed by atoms with Crippen molar-refractivity contribution in [3.05, 3.63) is 11.3 Å². The second-order valence-corrected chi connectivity index (χ2v) is 7.30. The Hall–Kier alpha value is -0.810. The van der Waals surface area contributed by atoms with Crippen LogP contribution < -0.4 is 0 Å². The van der Waals surface area contributed by atoms with E-state index in [1.54, 1.807) is 0 Å². The maximum atomic E-state index is 12.6. The monoisotopic (exact) mass is 325 g/mol. The third kappa shape index (κ3) is 4.35. The molecule has 0 aromatic heterocycles. The number of rotatable bonds is 7. The summed E-state index contributed by atoms with van der Waals surface area (Å²) in [4.78, 5) is 12.6. The minimum Gasteiger partial charge on any atom is -0.512 e. The zero-order chi connectivity index (χ0) is 15.9. The smallest absolute Gasteiger partial charge is 0.165 e. The Morgan fingerprint density at radius 3 is 2.86 bits per heavy atom. The third-order valence-electron chi connectivity index (χ3n) is 4.64. The van der Waals surface area contributed by atoms with Crippen LogP contribution in [0, 0.1) is 17.2 Å². The molecule has 1 fully saturated rings. The van der Waals surface area contributed by atoms with Gasteiger partial charge in [-0.05, 0) is 62.2 Å². The minimum absolute atomic E-state index is 0.0488. The number of ketones is 1. The summed E-state index contributed by atoms with van der Waals surface area (Å²) >= 11 is 1.97. The molecule has 124 valence electrons. The molecule has 1 saturated heterocycles. The zero-order valence-electron chi connectivity index (χ0n) is 13.3. The number of hydrogen-bond donors (Lipinski definition) is 2. The van der Waals surface area contributed by atoms with Gasteiger partial charge in [0.15, 0.2) is 5.78 Å². The van der Waals surface area contributed by atoms with Crippen molar-refractivity contribution in [3.8, 4) is 0 Å². The largest absolute Gasteiger partial charge is 0.512 e. The number of aliphatic hydroxyl groups excluding tert-OH is 1. The number of hydrogen-bond acceptors (Lipinski definition) is 5. The van der Waals surface area contributed by atoms with Gasteiger partial charge in [0.05, 0.1) is 11.7 Å². The minimum atomic E-state index is -0.360. The van der Waals surface area contributed by atoms with Gasteiger partial charge in [0.1, 0.15) is 5.76 Å². The van der Waals surface area contributed by atoms with Gasteiger partial charge in [0.25, 0.3) is 0 Å². The fourth-order valence-electron chi connectivity index (χ4n) is 3.52. The molecule has 1 aliphatic heterocycles. The lowest BCUT2D eigenvalue weighted by Crippen LogP contribution is -2.33. The van der Waals surface area contributed by atoms with Gasteiger partial charge in [-0.1, -0.05) is 0 Å². The van der Waals surface area contributed by atoms with Crippen molar-refractivity contribution in [3.63, 3.8) is 0 Å². The Morgan fingerprint density at radius 1 is 1.45 bits per heavy atom. The van der Waals surface area contributed by atoms with E-state index in [4.69, 9.17) is 10.1 Å². The van der Waals surface area contributed by atoms with Gasteiger partial charge < -0.3 is 15.3 Å². The van der Waals surface area contributed by atoms with Crippen molar-refractivity contribution in [2.75, 3.05) is 18.1 Å². The van der Waals surface area contributed by atoms with E-state index in [1.807, 2.05) is 18.7 Å². The van der Waals surface area contributed by atoms with Gasteiger partial charge >= 0.3 is 0 Å². The Labute approximate surface area is 137 Å². The average molecular weight is 325 g/mol. The molecule has 0 saturated carbocycles. The van der Waals surface area contributed by atoms with E-state index in [-0.39, 0.29) is 23.6 Å². The number of nitrogens with one attached hydrogen (secondary N) is 1. The van der Waals surface area contributed by atoms with Crippen molar-refractivity contribution < 1.29 is 14.6 Å². The van der Waals surface area contributed by atoms with Crippen LogP contribution in [0.1, 0.15) is 45.4 Å². The predicted molar refractivity (Wildman–Crippen MR) is 90.9 cm³/mol. The van der Waals surface area contributed by atoms with Gasteiger partial charge in [-0.25, -0.2) is 0 Å². The molecule has 0 radical (unpaired) electrons. The van der Waals surface area contributed by atoms with E-state index in [0.29, 0.717) is 43.8 Å². The predicted octanol–water partition coefficient (Wildman–Crippen LogP) is 3.76. The number of ether oxygens (including phenoxy) is 1. The normalized spacial score (nSPS) is 27.8. The van der Waals surface area contributed by atoms with E-state index in [0.717, 1.165) is 5.75 Å². The molecule has 0 aromatic carbocycles. The van der Waals surface area contributed by atoms with Crippen LogP contribution in [0.25, 0.3) is 0 Å². The number of allylic oxidation sites excluding steroid dienone is 1. The number of aliphatic hydroxyl groups is 1. The Kier molecular flexibility index (Phi) is 6.96. The zero-order valence-corrected chi connectivity index (χ0v) is 14.2. The van der Waals surface area contributed by atoms with Crippen LogP contribution in [0.4, 0.5) is 0 Å². The maximum Gasteiger partial charge on any atom is 0.165 e. The van der Waals surface area contributed by atoms with Crippen LogP contribution in [-0.4, -0.2) is 41.3 Å². The third-order valence-corrected chi connectivity index (χ3v) is 5.88. The molecule has 3 unspecified atom stereocenters. The van der Waals surface area contributed by atoms with Crippen LogP contribution in [0.15, 0.2) is 11.3 Å². The fourth-order valence-corrected chi connectivity index (χ4v) is 4.80. The van der Waals surface area contributed by atoms with Gasteiger partial charge in [-0.2, -0.15) is 11.8 Å². The van der Waals surface area contributed by atoms with Gasteiger partial charge in [0.2, 0.25) is 0 Å². The Morgan fingerprint density at radius 2 is 2.27 bits per heavy atom. The standard InChI is InChI=1S/C17H27NO3S/c1-2-21-16(6-3-7-18)17-14(19)9-13(10-15(17)20)12-5-4-8-22-11-12/h7,12-13,16,18-19H,2-6,8-11H2,1H3. The summed E-state index contributed by atoms with van der Waals surface area (Å²) in [6.07, 6.45) is 5.68. The van der Waals surface area contributed by atoms with Crippen molar-refractivity contribution in [2.45, 2.75) is 51.6 Å². The number of Topliss-reactive ketones (excluding diaryl/α,β-unsaturated/α-hetero) is 1. The molecule has 2 aliphatic rings. The molecule has 2 N–H and O–H groups in total. The first-order valence-corrected chi connectivity index (χ1v) is 9.46. The molecule has 1 aliphatic carbocycles. The highest BCUT2D eigenvalue weighted by Gasteiger charge is 2.36. The molecule has 0 aromatic rings. The topological polar surface area (TPSA) is 70.4 Å². The van der Waals surface area contributed by atoms with Gasteiger partial charge in [-0.15, -0.1) is 0 Å². The molecule has 2 rings (SSSR count). The molecule has 0 bridgehead atoms. The number of carbonyl (C=O) groups excluding carboxylic acids is 1.